The SMILES string of the molecule is CN1CCC(C2COc3ccc(Cl)cc3N2)C1. The molecule has 0 bridgehead atoms. The molecule has 0 amide bonds. The van der Waals surface area contributed by atoms with Gasteiger partial charge in [-0.15, -0.1) is 0 Å². The van der Waals surface area contributed by atoms with Crippen LogP contribution in [0.4, 0.5) is 5.69 Å². The monoisotopic (exact) mass is 252 g/mol. The van der Waals surface area contributed by atoms with Gasteiger partial charge in [0.25, 0.3) is 0 Å². The summed E-state index contributed by atoms with van der Waals surface area (Å²) in [6.45, 7) is 3.09. The molecule has 3 nitrogen and oxygen atoms in total. The van der Waals surface area contributed by atoms with Crippen molar-refractivity contribution in [3.63, 3.8) is 0 Å². The van der Waals surface area contributed by atoms with Gasteiger partial charge in [-0.05, 0) is 44.1 Å². The highest BCUT2D eigenvalue weighted by molar-refractivity contribution is 6.30. The highest BCUT2D eigenvalue weighted by Crippen LogP contribution is 2.34. The Bertz CT molecular complexity index is 424. The van der Waals surface area contributed by atoms with Gasteiger partial charge in [0.1, 0.15) is 12.4 Å². The van der Waals surface area contributed by atoms with Gasteiger partial charge < -0.3 is 15.0 Å². The number of rotatable bonds is 1. The molecule has 92 valence electrons. The fraction of sp³-hybridized carbons (Fsp3) is 0.538. The molecule has 0 saturated carbocycles. The van der Waals surface area contributed by atoms with Crippen molar-refractivity contribution in [3.8, 4) is 5.75 Å². The number of hydrogen-bond donors (Lipinski definition) is 1. The average molecular weight is 253 g/mol. The van der Waals surface area contributed by atoms with Crippen LogP contribution in [0.5, 0.6) is 5.75 Å². The molecule has 2 unspecified atom stereocenters. The Morgan fingerprint density at radius 1 is 1.47 bits per heavy atom. The molecule has 2 aliphatic heterocycles. The second-order valence-corrected chi connectivity index (χ2v) is 5.45. The molecule has 1 saturated heterocycles. The number of hydrogen-bond acceptors (Lipinski definition) is 3. The lowest BCUT2D eigenvalue weighted by Crippen LogP contribution is -2.39. The lowest BCUT2D eigenvalue weighted by atomic mass is 9.98. The first-order valence-corrected chi connectivity index (χ1v) is 6.47. The van der Waals surface area contributed by atoms with Gasteiger partial charge in [-0.2, -0.15) is 0 Å². The van der Waals surface area contributed by atoms with E-state index in [1.54, 1.807) is 0 Å². The lowest BCUT2D eigenvalue weighted by Gasteiger charge is -2.31. The van der Waals surface area contributed by atoms with E-state index in [0.717, 1.165) is 29.6 Å². The molecule has 0 radical (unpaired) electrons. The maximum absolute atomic E-state index is 6.00. The fourth-order valence-electron chi connectivity index (χ4n) is 2.71. The van der Waals surface area contributed by atoms with Crippen LogP contribution in [0.1, 0.15) is 6.42 Å². The maximum atomic E-state index is 6.00. The first kappa shape index (κ1) is 11.2. The summed E-state index contributed by atoms with van der Waals surface area (Å²) in [6, 6.07) is 6.15. The number of nitrogens with one attached hydrogen (secondary N) is 1. The molecule has 1 aromatic rings. The van der Waals surface area contributed by atoms with E-state index in [4.69, 9.17) is 16.3 Å². The van der Waals surface area contributed by atoms with Crippen LogP contribution in [0.3, 0.4) is 0 Å². The molecule has 2 aliphatic rings. The van der Waals surface area contributed by atoms with Crippen LogP contribution in [-0.4, -0.2) is 37.7 Å². The fourth-order valence-corrected chi connectivity index (χ4v) is 2.89. The van der Waals surface area contributed by atoms with Crippen molar-refractivity contribution in [1.82, 2.24) is 4.90 Å². The summed E-state index contributed by atoms with van der Waals surface area (Å²) in [5.41, 5.74) is 1.03. The largest absolute Gasteiger partial charge is 0.489 e. The quantitative estimate of drug-likeness (QED) is 0.831. The molecule has 2 heterocycles. The van der Waals surface area contributed by atoms with Crippen LogP contribution >= 0.6 is 11.6 Å². The first-order valence-electron chi connectivity index (χ1n) is 6.10. The molecule has 0 spiro atoms. The third kappa shape index (κ3) is 2.22. The Kier molecular flexibility index (Phi) is 2.89. The van der Waals surface area contributed by atoms with Gasteiger partial charge in [0.05, 0.1) is 11.7 Å². The highest BCUT2D eigenvalue weighted by Gasteiger charge is 2.31. The average Bonchev–Trinajstić information content (AvgIpc) is 2.75. The van der Waals surface area contributed by atoms with Crippen molar-refractivity contribution < 1.29 is 4.74 Å². The van der Waals surface area contributed by atoms with E-state index in [1.165, 1.54) is 13.0 Å². The second kappa shape index (κ2) is 4.39. The van der Waals surface area contributed by atoms with E-state index in [2.05, 4.69) is 17.3 Å². The summed E-state index contributed by atoms with van der Waals surface area (Å²) in [6.07, 6.45) is 1.24. The van der Waals surface area contributed by atoms with Gasteiger partial charge in [0.2, 0.25) is 0 Å². The van der Waals surface area contributed by atoms with Crippen LogP contribution in [0, 0.1) is 5.92 Å². The van der Waals surface area contributed by atoms with Crippen molar-refractivity contribution in [1.29, 1.82) is 0 Å². The Balaban J connectivity index is 1.76. The van der Waals surface area contributed by atoms with Crippen LogP contribution in [0.15, 0.2) is 18.2 Å². The van der Waals surface area contributed by atoms with Gasteiger partial charge >= 0.3 is 0 Å². The smallest absolute Gasteiger partial charge is 0.142 e. The van der Waals surface area contributed by atoms with Gasteiger partial charge in [-0.3, -0.25) is 0 Å². The van der Waals surface area contributed by atoms with Crippen molar-refractivity contribution in [2.24, 2.45) is 5.92 Å². The van der Waals surface area contributed by atoms with Crippen molar-refractivity contribution in [2.45, 2.75) is 12.5 Å². The topological polar surface area (TPSA) is 24.5 Å². The summed E-state index contributed by atoms with van der Waals surface area (Å²) in [4.78, 5) is 2.37. The van der Waals surface area contributed by atoms with E-state index in [9.17, 15) is 0 Å². The molecule has 2 atom stereocenters. The number of nitrogens with zero attached hydrogens (tertiary/aromatic N) is 1. The van der Waals surface area contributed by atoms with E-state index in [-0.39, 0.29) is 0 Å². The maximum Gasteiger partial charge on any atom is 0.142 e. The molecular formula is C13H17ClN2O. The number of benzene rings is 1. The summed E-state index contributed by atoms with van der Waals surface area (Å²) >= 11 is 6.00. The van der Waals surface area contributed by atoms with Gasteiger partial charge in [-0.1, -0.05) is 11.6 Å². The van der Waals surface area contributed by atoms with Crippen LogP contribution in [0.25, 0.3) is 0 Å². The standard InChI is InChI=1S/C13H17ClN2O/c1-16-5-4-9(7-16)12-8-17-13-3-2-10(14)6-11(13)15-12/h2-3,6,9,12,15H,4-5,7-8H2,1H3. The van der Waals surface area contributed by atoms with Gasteiger partial charge in [0.15, 0.2) is 0 Å². The normalized spacial score (nSPS) is 28.4. The molecule has 1 N–H and O–H groups in total. The van der Waals surface area contributed by atoms with E-state index in [1.807, 2.05) is 18.2 Å². The Labute approximate surface area is 107 Å². The summed E-state index contributed by atoms with van der Waals surface area (Å²) in [5.74, 6) is 1.59. The van der Waals surface area contributed by atoms with E-state index in [0.29, 0.717) is 12.0 Å². The summed E-state index contributed by atoms with van der Waals surface area (Å²) in [5, 5.41) is 4.32. The Morgan fingerprint density at radius 3 is 3.12 bits per heavy atom. The number of anilines is 1. The molecule has 1 aromatic carbocycles. The van der Waals surface area contributed by atoms with Crippen LogP contribution < -0.4 is 10.1 Å². The third-order valence-corrected chi connectivity index (χ3v) is 3.93. The van der Waals surface area contributed by atoms with Gasteiger partial charge in [0, 0.05) is 11.6 Å². The molecule has 0 aromatic heterocycles. The van der Waals surface area contributed by atoms with E-state index < -0.39 is 0 Å². The predicted molar refractivity (Wildman–Crippen MR) is 70.0 cm³/mol. The molecule has 17 heavy (non-hydrogen) atoms. The Hall–Kier alpha value is -0.930. The zero-order valence-electron chi connectivity index (χ0n) is 9.95. The molecule has 1 fully saturated rings. The molecule has 0 aliphatic carbocycles. The van der Waals surface area contributed by atoms with Crippen molar-refractivity contribution in [2.75, 3.05) is 32.1 Å². The zero-order valence-corrected chi connectivity index (χ0v) is 10.7. The molecular weight excluding hydrogens is 236 g/mol. The number of likely N-dealkylation sites (tertiary alicyclic amines) is 1. The number of halogens is 1. The highest BCUT2D eigenvalue weighted by atomic mass is 35.5. The minimum absolute atomic E-state index is 0.408. The lowest BCUT2D eigenvalue weighted by molar-refractivity contribution is 0.244. The minimum Gasteiger partial charge on any atom is -0.489 e. The van der Waals surface area contributed by atoms with Crippen LogP contribution in [0.2, 0.25) is 5.02 Å². The van der Waals surface area contributed by atoms with Crippen LogP contribution in [-0.2, 0) is 0 Å². The molecule has 4 heteroatoms. The summed E-state index contributed by atoms with van der Waals surface area (Å²) in [7, 11) is 2.18. The Morgan fingerprint density at radius 2 is 2.35 bits per heavy atom. The van der Waals surface area contributed by atoms with Gasteiger partial charge in [-0.25, -0.2) is 0 Å². The molecule has 3 rings (SSSR count). The van der Waals surface area contributed by atoms with Crippen molar-refractivity contribution in [3.05, 3.63) is 23.2 Å². The zero-order chi connectivity index (χ0) is 11.8. The third-order valence-electron chi connectivity index (χ3n) is 3.70. The van der Waals surface area contributed by atoms with Crippen molar-refractivity contribution >= 4 is 17.3 Å². The van der Waals surface area contributed by atoms with E-state index >= 15 is 0 Å². The second-order valence-electron chi connectivity index (χ2n) is 5.01. The summed E-state index contributed by atoms with van der Waals surface area (Å²) < 4.78 is 5.80. The predicted octanol–water partition coefficient (Wildman–Crippen LogP) is 2.46. The number of ether oxygens (including phenoxy) is 1. The first-order chi connectivity index (χ1) is 8.22. The minimum atomic E-state index is 0.408. The number of fused-ring (bicyclic) bond motifs is 1.